The van der Waals surface area contributed by atoms with Crippen LogP contribution in [0.1, 0.15) is 80.2 Å². The molecule has 32 heavy (non-hydrogen) atoms. The first-order valence-corrected chi connectivity index (χ1v) is 11.9. The minimum Gasteiger partial charge on any atom is -0.483 e. The van der Waals surface area contributed by atoms with E-state index in [0.29, 0.717) is 19.0 Å². The van der Waals surface area contributed by atoms with Crippen LogP contribution in [0.2, 0.25) is 0 Å². The van der Waals surface area contributed by atoms with Gasteiger partial charge < -0.3 is 14.4 Å². The van der Waals surface area contributed by atoms with E-state index in [2.05, 4.69) is 51.9 Å². The molecule has 2 aromatic rings. The third kappa shape index (κ3) is 4.70. The first-order chi connectivity index (χ1) is 15.2. The van der Waals surface area contributed by atoms with Crippen LogP contribution >= 0.6 is 0 Å². The summed E-state index contributed by atoms with van der Waals surface area (Å²) in [4.78, 5) is 15.2. The zero-order chi connectivity index (χ0) is 23.0. The fourth-order valence-electron chi connectivity index (χ4n) is 5.04. The van der Waals surface area contributed by atoms with E-state index in [-0.39, 0.29) is 23.7 Å². The van der Waals surface area contributed by atoms with Crippen molar-refractivity contribution in [2.24, 2.45) is 13.0 Å². The van der Waals surface area contributed by atoms with E-state index in [1.54, 1.807) is 4.68 Å². The Morgan fingerprint density at radius 3 is 2.59 bits per heavy atom. The van der Waals surface area contributed by atoms with Gasteiger partial charge in [-0.1, -0.05) is 19.9 Å². The van der Waals surface area contributed by atoms with Crippen molar-refractivity contribution in [3.63, 3.8) is 0 Å². The Morgan fingerprint density at radius 1 is 1.25 bits per heavy atom. The molecule has 0 aliphatic carbocycles. The molecule has 1 aromatic heterocycles. The van der Waals surface area contributed by atoms with E-state index >= 15 is 0 Å². The quantitative estimate of drug-likeness (QED) is 0.668. The van der Waals surface area contributed by atoms with Gasteiger partial charge in [0.15, 0.2) is 5.75 Å². The van der Waals surface area contributed by atoms with Crippen LogP contribution in [0.3, 0.4) is 0 Å². The second-order valence-electron chi connectivity index (χ2n) is 10.2. The number of likely N-dealkylation sites (tertiary alicyclic amines) is 1. The molecule has 1 fully saturated rings. The third-order valence-corrected chi connectivity index (χ3v) is 6.63. The molecule has 0 bridgehead atoms. The molecule has 6 heteroatoms. The van der Waals surface area contributed by atoms with Crippen LogP contribution in [-0.4, -0.2) is 45.4 Å². The highest BCUT2D eigenvalue weighted by Gasteiger charge is 2.46. The van der Waals surface area contributed by atoms with Crippen LogP contribution in [0.5, 0.6) is 5.75 Å². The highest BCUT2D eigenvalue weighted by atomic mass is 16.5. The number of hydrogen-bond acceptors (Lipinski definition) is 4. The predicted molar refractivity (Wildman–Crippen MR) is 125 cm³/mol. The van der Waals surface area contributed by atoms with Crippen LogP contribution in [0, 0.1) is 12.8 Å². The van der Waals surface area contributed by atoms with Gasteiger partial charge in [-0.05, 0) is 56.4 Å². The molecule has 0 saturated carbocycles. The van der Waals surface area contributed by atoms with Gasteiger partial charge in [-0.2, -0.15) is 5.10 Å². The highest BCUT2D eigenvalue weighted by Crippen LogP contribution is 2.45. The molecule has 2 aliphatic rings. The summed E-state index contributed by atoms with van der Waals surface area (Å²) in [7, 11) is 1.91. The molecule has 0 radical (unpaired) electrons. The molecule has 1 atom stereocenters. The van der Waals surface area contributed by atoms with Gasteiger partial charge in [0.25, 0.3) is 5.91 Å². The lowest BCUT2D eigenvalue weighted by Gasteiger charge is -2.45. The van der Waals surface area contributed by atoms with Crippen molar-refractivity contribution >= 4 is 5.91 Å². The largest absolute Gasteiger partial charge is 0.483 e. The van der Waals surface area contributed by atoms with Crippen LogP contribution in [0.4, 0.5) is 0 Å². The number of carbonyl (C=O) groups is 1. The number of fused-ring (bicyclic) bond motifs is 1. The number of hydrogen-bond donors (Lipinski definition) is 0. The molecule has 174 valence electrons. The zero-order valence-corrected chi connectivity index (χ0v) is 20.4. The van der Waals surface area contributed by atoms with Gasteiger partial charge >= 0.3 is 0 Å². The predicted octanol–water partition coefficient (Wildman–Crippen LogP) is 4.85. The summed E-state index contributed by atoms with van der Waals surface area (Å²) < 4.78 is 14.5. The molecule has 1 aromatic carbocycles. The maximum Gasteiger partial charge on any atom is 0.253 e. The van der Waals surface area contributed by atoms with Crippen LogP contribution < -0.4 is 4.74 Å². The van der Waals surface area contributed by atoms with Crippen molar-refractivity contribution in [1.82, 2.24) is 14.7 Å². The van der Waals surface area contributed by atoms with Gasteiger partial charge in [0.1, 0.15) is 17.4 Å². The Hall–Kier alpha value is -2.34. The molecule has 1 amide bonds. The van der Waals surface area contributed by atoms with E-state index in [4.69, 9.17) is 9.47 Å². The topological polar surface area (TPSA) is 56.6 Å². The second-order valence-corrected chi connectivity index (χ2v) is 10.2. The SMILES string of the molecule is Cc1cc(C(=O)N2CCC3(CC2)CC(OC(C)C)c2nn(C)cc2O3)ccc1CC(C)C. The molecular weight excluding hydrogens is 402 g/mol. The smallest absolute Gasteiger partial charge is 0.253 e. The normalized spacial score (nSPS) is 20.0. The van der Waals surface area contributed by atoms with Gasteiger partial charge in [0, 0.05) is 45.0 Å². The molecule has 0 N–H and O–H groups in total. The number of carbonyl (C=O) groups excluding carboxylic acids is 1. The minimum absolute atomic E-state index is 0.0710. The summed E-state index contributed by atoms with van der Waals surface area (Å²) in [5, 5.41) is 4.58. The number of aromatic nitrogens is 2. The number of benzene rings is 1. The standard InChI is InChI=1S/C26H37N3O3/c1-17(2)13-20-7-8-21(14-19(20)5)25(30)29-11-9-26(10-12-29)15-22(31-18(3)4)24-23(32-26)16-28(6)27-24/h7-8,14,16-18,22H,9-13,15H2,1-6H3. The highest BCUT2D eigenvalue weighted by molar-refractivity contribution is 5.94. The minimum atomic E-state index is -0.302. The summed E-state index contributed by atoms with van der Waals surface area (Å²) >= 11 is 0. The summed E-state index contributed by atoms with van der Waals surface area (Å²) in [5.41, 5.74) is 3.90. The molecule has 1 spiro atoms. The lowest BCUT2D eigenvalue weighted by molar-refractivity contribution is -0.0885. The van der Waals surface area contributed by atoms with Crippen molar-refractivity contribution < 1.29 is 14.3 Å². The van der Waals surface area contributed by atoms with E-state index < -0.39 is 0 Å². The third-order valence-electron chi connectivity index (χ3n) is 6.63. The van der Waals surface area contributed by atoms with E-state index in [0.717, 1.165) is 42.7 Å². The number of piperidine rings is 1. The van der Waals surface area contributed by atoms with E-state index in [1.165, 1.54) is 11.1 Å². The second kappa shape index (κ2) is 8.89. The summed E-state index contributed by atoms with van der Waals surface area (Å²) in [6.45, 7) is 12.0. The molecular formula is C26H37N3O3. The Balaban J connectivity index is 1.45. The Labute approximate surface area is 191 Å². The van der Waals surface area contributed by atoms with Gasteiger partial charge in [-0.3, -0.25) is 9.48 Å². The maximum absolute atomic E-state index is 13.2. The van der Waals surface area contributed by atoms with Crippen molar-refractivity contribution in [1.29, 1.82) is 0 Å². The Bertz CT molecular complexity index is 971. The van der Waals surface area contributed by atoms with Crippen molar-refractivity contribution in [3.05, 3.63) is 46.8 Å². The molecule has 1 unspecified atom stereocenters. The molecule has 1 saturated heterocycles. The maximum atomic E-state index is 13.2. The number of rotatable bonds is 5. The summed E-state index contributed by atoms with van der Waals surface area (Å²) in [6.07, 6.45) is 5.41. The number of amides is 1. The molecule has 6 nitrogen and oxygen atoms in total. The van der Waals surface area contributed by atoms with Gasteiger partial charge in [-0.25, -0.2) is 0 Å². The lowest BCUT2D eigenvalue weighted by Crippen LogP contribution is -2.52. The van der Waals surface area contributed by atoms with Crippen LogP contribution in [0.25, 0.3) is 0 Å². The average Bonchev–Trinajstić information content (AvgIpc) is 3.09. The Kier molecular flexibility index (Phi) is 6.35. The zero-order valence-electron chi connectivity index (χ0n) is 20.4. The first-order valence-electron chi connectivity index (χ1n) is 11.9. The lowest BCUT2D eigenvalue weighted by atomic mass is 9.82. The van der Waals surface area contributed by atoms with Crippen molar-refractivity contribution in [2.75, 3.05) is 13.1 Å². The fourth-order valence-corrected chi connectivity index (χ4v) is 5.04. The Morgan fingerprint density at radius 2 is 1.97 bits per heavy atom. The molecule has 3 heterocycles. The number of nitrogens with zero attached hydrogens (tertiary/aromatic N) is 3. The molecule has 4 rings (SSSR count). The van der Waals surface area contributed by atoms with Crippen molar-refractivity contribution in [2.45, 2.75) is 78.1 Å². The van der Waals surface area contributed by atoms with Gasteiger partial charge in [0.2, 0.25) is 0 Å². The van der Waals surface area contributed by atoms with Gasteiger partial charge in [0.05, 0.1) is 12.3 Å². The fraction of sp³-hybridized carbons (Fsp3) is 0.615. The van der Waals surface area contributed by atoms with Gasteiger partial charge in [-0.15, -0.1) is 0 Å². The van der Waals surface area contributed by atoms with E-state index in [9.17, 15) is 4.79 Å². The van der Waals surface area contributed by atoms with Crippen LogP contribution in [-0.2, 0) is 18.2 Å². The van der Waals surface area contributed by atoms with Crippen LogP contribution in [0.15, 0.2) is 24.4 Å². The monoisotopic (exact) mass is 439 g/mol. The average molecular weight is 440 g/mol. The summed E-state index contributed by atoms with van der Waals surface area (Å²) in [6, 6.07) is 6.16. The van der Waals surface area contributed by atoms with Crippen molar-refractivity contribution in [3.8, 4) is 5.75 Å². The number of aryl methyl sites for hydroxylation is 2. The van der Waals surface area contributed by atoms with E-state index in [1.807, 2.05) is 24.2 Å². The summed E-state index contributed by atoms with van der Waals surface area (Å²) in [5.74, 6) is 1.54. The molecule has 2 aliphatic heterocycles. The number of ether oxygens (including phenoxy) is 2. The first kappa shape index (κ1) is 22.8.